The molecule has 0 unspecified atom stereocenters. The fraction of sp³-hybridized carbons (Fsp3) is 0.0698. The van der Waals surface area contributed by atoms with E-state index in [4.69, 9.17) is 4.74 Å². The van der Waals surface area contributed by atoms with Gasteiger partial charge in [0.15, 0.2) is 0 Å². The van der Waals surface area contributed by atoms with Crippen molar-refractivity contribution in [2.75, 3.05) is 7.11 Å². The summed E-state index contributed by atoms with van der Waals surface area (Å²) < 4.78 is 5.69. The Kier molecular flexibility index (Phi) is 7.30. The standard InChI is InChI=1S/C43H34O/c1-44-39-31-29-38(30-32-39)42(34-19-6-2-7-20-34,35-21-8-3-9-22-35)43(36-23-10-4-11-24-36,37-25-12-5-13-26-37)41-28-16-18-33-17-14-15-27-40(33)41/h2-32H,1H3. The van der Waals surface area contributed by atoms with E-state index in [9.17, 15) is 0 Å². The molecule has 7 aromatic carbocycles. The van der Waals surface area contributed by atoms with E-state index in [0.29, 0.717) is 0 Å². The molecule has 0 saturated carbocycles. The summed E-state index contributed by atoms with van der Waals surface area (Å²) in [5.41, 5.74) is 5.83. The lowest BCUT2D eigenvalue weighted by atomic mass is 9.46. The summed E-state index contributed by atoms with van der Waals surface area (Å²) in [6, 6.07) is 68.5. The number of fused-ring (bicyclic) bond motifs is 1. The second-order valence-electron chi connectivity index (χ2n) is 11.2. The number of hydrogen-bond donors (Lipinski definition) is 0. The van der Waals surface area contributed by atoms with Crippen molar-refractivity contribution in [1.29, 1.82) is 0 Å². The average molecular weight is 567 g/mol. The van der Waals surface area contributed by atoms with Crippen LogP contribution in [0.25, 0.3) is 10.8 Å². The average Bonchev–Trinajstić information content (AvgIpc) is 3.12. The van der Waals surface area contributed by atoms with Gasteiger partial charge in [0.25, 0.3) is 0 Å². The van der Waals surface area contributed by atoms with Gasteiger partial charge in [-0.25, -0.2) is 0 Å². The minimum Gasteiger partial charge on any atom is -0.497 e. The van der Waals surface area contributed by atoms with Gasteiger partial charge in [0.1, 0.15) is 5.75 Å². The third-order valence-electron chi connectivity index (χ3n) is 9.11. The van der Waals surface area contributed by atoms with E-state index in [-0.39, 0.29) is 0 Å². The SMILES string of the molecule is COc1ccc(C(c2ccccc2)(c2ccccc2)C(c2ccccc2)(c2ccccc2)c2cccc3ccccc23)cc1. The molecular weight excluding hydrogens is 532 g/mol. The van der Waals surface area contributed by atoms with Crippen molar-refractivity contribution in [3.05, 3.63) is 221 Å². The molecule has 1 heteroatoms. The fourth-order valence-electron chi connectivity index (χ4n) is 7.41. The lowest BCUT2D eigenvalue weighted by Crippen LogP contribution is -2.52. The predicted octanol–water partition coefficient (Wildman–Crippen LogP) is 10.2. The second-order valence-corrected chi connectivity index (χ2v) is 11.2. The van der Waals surface area contributed by atoms with Gasteiger partial charge >= 0.3 is 0 Å². The number of methoxy groups -OCH3 is 1. The minimum absolute atomic E-state index is 0.714. The molecule has 0 fully saturated rings. The molecule has 0 aliphatic heterocycles. The quantitative estimate of drug-likeness (QED) is 0.166. The maximum atomic E-state index is 5.69. The van der Waals surface area contributed by atoms with Crippen LogP contribution in [0.1, 0.15) is 33.4 Å². The number of rotatable bonds is 8. The van der Waals surface area contributed by atoms with Crippen LogP contribution in [0.15, 0.2) is 188 Å². The van der Waals surface area contributed by atoms with Gasteiger partial charge in [-0.15, -0.1) is 0 Å². The van der Waals surface area contributed by atoms with Gasteiger partial charge in [-0.1, -0.05) is 176 Å². The van der Waals surface area contributed by atoms with Crippen LogP contribution in [-0.2, 0) is 10.8 Å². The van der Waals surface area contributed by atoms with Gasteiger partial charge < -0.3 is 4.74 Å². The molecule has 7 aromatic rings. The van der Waals surface area contributed by atoms with Crippen molar-refractivity contribution >= 4 is 10.8 Å². The van der Waals surface area contributed by atoms with Crippen LogP contribution in [0.2, 0.25) is 0 Å². The third-order valence-corrected chi connectivity index (χ3v) is 9.11. The van der Waals surface area contributed by atoms with Crippen LogP contribution in [0, 0.1) is 0 Å². The maximum absolute atomic E-state index is 5.69. The van der Waals surface area contributed by atoms with Crippen molar-refractivity contribution in [2.24, 2.45) is 0 Å². The molecule has 0 bridgehead atoms. The van der Waals surface area contributed by atoms with Crippen molar-refractivity contribution in [3.8, 4) is 5.75 Å². The second kappa shape index (κ2) is 11.7. The smallest absolute Gasteiger partial charge is 0.118 e. The van der Waals surface area contributed by atoms with Crippen molar-refractivity contribution in [1.82, 2.24) is 0 Å². The number of ether oxygens (including phenoxy) is 1. The summed E-state index contributed by atoms with van der Waals surface area (Å²) in [6.07, 6.45) is 0. The lowest BCUT2D eigenvalue weighted by Gasteiger charge is -2.54. The summed E-state index contributed by atoms with van der Waals surface area (Å²) in [4.78, 5) is 0. The Balaban J connectivity index is 1.81. The molecule has 0 heterocycles. The first kappa shape index (κ1) is 27.4. The van der Waals surface area contributed by atoms with Crippen molar-refractivity contribution in [2.45, 2.75) is 10.8 Å². The van der Waals surface area contributed by atoms with Gasteiger partial charge in [-0.2, -0.15) is 0 Å². The molecule has 0 spiro atoms. The number of hydrogen-bond acceptors (Lipinski definition) is 1. The maximum Gasteiger partial charge on any atom is 0.118 e. The van der Waals surface area contributed by atoms with E-state index in [1.807, 2.05) is 0 Å². The highest BCUT2D eigenvalue weighted by atomic mass is 16.5. The Morgan fingerprint density at radius 3 is 1.20 bits per heavy atom. The van der Waals surface area contributed by atoms with Crippen LogP contribution >= 0.6 is 0 Å². The van der Waals surface area contributed by atoms with Gasteiger partial charge in [0.2, 0.25) is 0 Å². The van der Waals surface area contributed by atoms with E-state index in [1.54, 1.807) is 7.11 Å². The first-order valence-electron chi connectivity index (χ1n) is 15.1. The van der Waals surface area contributed by atoms with E-state index in [1.165, 1.54) is 44.2 Å². The Hall–Kier alpha value is -5.40. The lowest BCUT2D eigenvalue weighted by molar-refractivity contribution is 0.409. The van der Waals surface area contributed by atoms with Crippen LogP contribution in [0.4, 0.5) is 0 Å². The molecule has 0 aliphatic carbocycles. The normalized spacial score (nSPS) is 11.8. The molecule has 0 aromatic heterocycles. The van der Waals surface area contributed by atoms with Crippen LogP contribution in [0.5, 0.6) is 5.75 Å². The fourth-order valence-corrected chi connectivity index (χ4v) is 7.41. The highest BCUT2D eigenvalue weighted by Gasteiger charge is 2.58. The van der Waals surface area contributed by atoms with E-state index >= 15 is 0 Å². The summed E-state index contributed by atoms with van der Waals surface area (Å²) in [5, 5.41) is 2.44. The molecule has 1 nitrogen and oxygen atoms in total. The summed E-state index contributed by atoms with van der Waals surface area (Å²) >= 11 is 0. The zero-order valence-electron chi connectivity index (χ0n) is 24.8. The van der Waals surface area contributed by atoms with Crippen LogP contribution in [-0.4, -0.2) is 7.11 Å². The summed E-state index contributed by atoms with van der Waals surface area (Å²) in [5.74, 6) is 0.832. The van der Waals surface area contributed by atoms with Crippen LogP contribution < -0.4 is 4.74 Å². The largest absolute Gasteiger partial charge is 0.497 e. The summed E-state index contributed by atoms with van der Waals surface area (Å²) in [6.45, 7) is 0. The topological polar surface area (TPSA) is 9.23 Å². The van der Waals surface area contributed by atoms with Crippen LogP contribution in [0.3, 0.4) is 0 Å². The van der Waals surface area contributed by atoms with Crippen molar-refractivity contribution < 1.29 is 4.74 Å². The van der Waals surface area contributed by atoms with E-state index < -0.39 is 10.8 Å². The molecule has 212 valence electrons. The molecule has 0 amide bonds. The van der Waals surface area contributed by atoms with Crippen molar-refractivity contribution in [3.63, 3.8) is 0 Å². The first-order chi connectivity index (χ1) is 21.8. The first-order valence-corrected chi connectivity index (χ1v) is 15.1. The molecule has 44 heavy (non-hydrogen) atoms. The number of benzene rings is 7. The zero-order chi connectivity index (χ0) is 29.8. The molecular formula is C43H34O. The van der Waals surface area contributed by atoms with Gasteiger partial charge in [-0.05, 0) is 56.3 Å². The van der Waals surface area contributed by atoms with Gasteiger partial charge in [-0.3, -0.25) is 0 Å². The molecule has 0 radical (unpaired) electrons. The van der Waals surface area contributed by atoms with E-state index in [0.717, 1.165) is 5.75 Å². The van der Waals surface area contributed by atoms with E-state index in [2.05, 4.69) is 188 Å². The highest BCUT2D eigenvalue weighted by Crippen LogP contribution is 2.61. The Morgan fingerprint density at radius 2 is 0.727 bits per heavy atom. The van der Waals surface area contributed by atoms with Gasteiger partial charge in [0, 0.05) is 0 Å². The predicted molar refractivity (Wildman–Crippen MR) is 182 cm³/mol. The Morgan fingerprint density at radius 1 is 0.341 bits per heavy atom. The molecule has 0 atom stereocenters. The molecule has 0 saturated heterocycles. The van der Waals surface area contributed by atoms with Gasteiger partial charge in [0.05, 0.1) is 17.9 Å². The Labute approximate surface area is 260 Å². The molecule has 0 aliphatic rings. The summed E-state index contributed by atoms with van der Waals surface area (Å²) in [7, 11) is 1.73. The zero-order valence-corrected chi connectivity index (χ0v) is 24.8. The Bertz CT molecular complexity index is 1880. The minimum atomic E-state index is -0.715. The highest BCUT2D eigenvalue weighted by molar-refractivity contribution is 5.89. The molecule has 0 N–H and O–H groups in total. The third kappa shape index (κ3) is 4.24. The molecule has 7 rings (SSSR count). The monoisotopic (exact) mass is 566 g/mol.